The monoisotopic (exact) mass is 358 g/mol. The summed E-state index contributed by atoms with van der Waals surface area (Å²) >= 11 is 0. The molecule has 2 atom stereocenters. The molecule has 3 aromatic carbocycles. The zero-order chi connectivity index (χ0) is 19.2. The van der Waals surface area contributed by atoms with Gasteiger partial charge in [0, 0.05) is 11.1 Å². The van der Waals surface area contributed by atoms with Crippen LogP contribution in [0.5, 0.6) is 5.75 Å². The molecule has 27 heavy (non-hydrogen) atoms. The predicted octanol–water partition coefficient (Wildman–Crippen LogP) is 4.21. The van der Waals surface area contributed by atoms with Gasteiger partial charge in [-0.3, -0.25) is 0 Å². The molecular weight excluding hydrogens is 336 g/mol. The highest BCUT2D eigenvalue weighted by atomic mass is 16.3. The predicted molar refractivity (Wildman–Crippen MR) is 105 cm³/mol. The van der Waals surface area contributed by atoms with Crippen molar-refractivity contribution >= 4 is 0 Å². The van der Waals surface area contributed by atoms with Crippen molar-refractivity contribution in [1.82, 2.24) is 0 Å². The molecule has 0 heterocycles. The van der Waals surface area contributed by atoms with Crippen LogP contribution in [0.15, 0.2) is 90.0 Å². The van der Waals surface area contributed by atoms with Crippen molar-refractivity contribution in [3.8, 4) is 5.75 Å². The first-order valence-electron chi connectivity index (χ1n) is 8.99. The maximum absolute atomic E-state index is 11.9. The third-order valence-corrected chi connectivity index (χ3v) is 5.83. The van der Waals surface area contributed by atoms with Gasteiger partial charge in [-0.05, 0) is 42.2 Å². The van der Waals surface area contributed by atoms with Gasteiger partial charge in [0.15, 0.2) is 0 Å². The van der Waals surface area contributed by atoms with E-state index >= 15 is 0 Å². The minimum Gasteiger partial charge on any atom is -0.508 e. The molecule has 0 fully saturated rings. The van der Waals surface area contributed by atoms with Crippen LogP contribution in [0.3, 0.4) is 0 Å². The van der Waals surface area contributed by atoms with E-state index in [1.807, 2.05) is 74.5 Å². The highest BCUT2D eigenvalue weighted by molar-refractivity contribution is 5.64. The van der Waals surface area contributed by atoms with E-state index < -0.39 is 11.2 Å². The SMILES string of the molecule is CC1=C(C)[C@@](O)(c2ccccc2)c2c(O)cccc2[C@]1(O)c1ccccc1. The molecule has 3 N–H and O–H groups in total. The average Bonchev–Trinajstić information content (AvgIpc) is 2.71. The number of phenolic OH excluding ortho intramolecular Hbond substituents is 1. The Bertz CT molecular complexity index is 1020. The summed E-state index contributed by atoms with van der Waals surface area (Å²) in [7, 11) is 0. The first-order valence-corrected chi connectivity index (χ1v) is 8.99. The summed E-state index contributed by atoms with van der Waals surface area (Å²) in [5.41, 5.74) is 0.470. The van der Waals surface area contributed by atoms with Crippen LogP contribution < -0.4 is 0 Å². The van der Waals surface area contributed by atoms with Crippen LogP contribution in [0.4, 0.5) is 0 Å². The fraction of sp³-hybridized carbons (Fsp3) is 0.167. The lowest BCUT2D eigenvalue weighted by atomic mass is 9.64. The molecule has 136 valence electrons. The van der Waals surface area contributed by atoms with Crippen molar-refractivity contribution in [3.05, 3.63) is 112 Å². The Kier molecular flexibility index (Phi) is 3.95. The quantitative estimate of drug-likeness (QED) is 0.601. The second-order valence-electron chi connectivity index (χ2n) is 7.10. The Morgan fingerprint density at radius 2 is 1.07 bits per heavy atom. The molecule has 0 aromatic heterocycles. The Labute approximate surface area is 158 Å². The molecule has 3 aromatic rings. The van der Waals surface area contributed by atoms with E-state index in [0.29, 0.717) is 33.4 Å². The van der Waals surface area contributed by atoms with Crippen LogP contribution in [0.2, 0.25) is 0 Å². The summed E-state index contributed by atoms with van der Waals surface area (Å²) < 4.78 is 0. The molecule has 0 bridgehead atoms. The molecule has 1 aliphatic carbocycles. The number of hydrogen-bond donors (Lipinski definition) is 3. The minimum absolute atomic E-state index is 0.0416. The van der Waals surface area contributed by atoms with Gasteiger partial charge < -0.3 is 15.3 Å². The third kappa shape index (κ3) is 2.29. The molecule has 1 aliphatic rings. The molecular formula is C24H22O3. The molecule has 0 radical (unpaired) electrons. The van der Waals surface area contributed by atoms with Gasteiger partial charge in [0.1, 0.15) is 17.0 Å². The van der Waals surface area contributed by atoms with Gasteiger partial charge in [0.05, 0.1) is 0 Å². The normalized spacial score (nSPS) is 24.6. The number of fused-ring (bicyclic) bond motifs is 1. The molecule has 3 nitrogen and oxygen atoms in total. The summed E-state index contributed by atoms with van der Waals surface area (Å²) in [6, 6.07) is 23.6. The minimum atomic E-state index is -1.52. The van der Waals surface area contributed by atoms with Crippen LogP contribution in [-0.2, 0) is 11.2 Å². The summed E-state index contributed by atoms with van der Waals surface area (Å²) in [4.78, 5) is 0. The third-order valence-electron chi connectivity index (χ3n) is 5.83. The Hall–Kier alpha value is -2.88. The van der Waals surface area contributed by atoms with Crippen molar-refractivity contribution in [2.45, 2.75) is 25.0 Å². The number of benzene rings is 3. The average molecular weight is 358 g/mol. The van der Waals surface area contributed by atoms with Gasteiger partial charge in [-0.2, -0.15) is 0 Å². The van der Waals surface area contributed by atoms with Gasteiger partial charge in [0.25, 0.3) is 0 Å². The summed E-state index contributed by atoms with van der Waals surface area (Å²) in [6.45, 7) is 3.65. The lowest BCUT2D eigenvalue weighted by molar-refractivity contribution is 0.0684. The van der Waals surface area contributed by atoms with Crippen molar-refractivity contribution in [2.75, 3.05) is 0 Å². The molecule has 0 spiro atoms. The number of aliphatic hydroxyl groups is 2. The smallest absolute Gasteiger partial charge is 0.140 e. The van der Waals surface area contributed by atoms with Crippen LogP contribution in [0.25, 0.3) is 0 Å². The maximum atomic E-state index is 11.9. The van der Waals surface area contributed by atoms with Crippen LogP contribution in [-0.4, -0.2) is 15.3 Å². The van der Waals surface area contributed by atoms with Gasteiger partial charge in [0.2, 0.25) is 0 Å². The lowest BCUT2D eigenvalue weighted by Gasteiger charge is -2.45. The first kappa shape index (κ1) is 17.5. The van der Waals surface area contributed by atoms with E-state index in [0.717, 1.165) is 0 Å². The molecule has 0 amide bonds. The van der Waals surface area contributed by atoms with E-state index in [9.17, 15) is 15.3 Å². The number of aromatic hydroxyl groups is 1. The highest BCUT2D eigenvalue weighted by Crippen LogP contribution is 2.54. The Morgan fingerprint density at radius 1 is 0.593 bits per heavy atom. The molecule has 0 saturated heterocycles. The maximum Gasteiger partial charge on any atom is 0.140 e. The zero-order valence-corrected chi connectivity index (χ0v) is 15.3. The topological polar surface area (TPSA) is 60.7 Å². The summed E-state index contributed by atoms with van der Waals surface area (Å²) in [5.74, 6) is -0.0416. The number of rotatable bonds is 2. The van der Waals surface area contributed by atoms with Crippen molar-refractivity contribution in [1.29, 1.82) is 0 Å². The second-order valence-corrected chi connectivity index (χ2v) is 7.10. The van der Waals surface area contributed by atoms with Crippen molar-refractivity contribution in [3.63, 3.8) is 0 Å². The van der Waals surface area contributed by atoms with Crippen LogP contribution >= 0.6 is 0 Å². The van der Waals surface area contributed by atoms with Gasteiger partial charge in [-0.15, -0.1) is 0 Å². The Morgan fingerprint density at radius 3 is 1.63 bits per heavy atom. The molecule has 0 unspecified atom stereocenters. The fourth-order valence-electron chi connectivity index (χ4n) is 4.25. The number of hydrogen-bond acceptors (Lipinski definition) is 3. The van der Waals surface area contributed by atoms with Crippen LogP contribution in [0.1, 0.15) is 36.1 Å². The molecule has 0 aliphatic heterocycles. The van der Waals surface area contributed by atoms with Crippen molar-refractivity contribution in [2.24, 2.45) is 0 Å². The Balaban J connectivity index is 2.12. The lowest BCUT2D eigenvalue weighted by Crippen LogP contribution is -2.43. The standard InChI is InChI=1S/C24H22O3/c1-16-17(2)24(27,19-12-7-4-8-13-19)22-20(14-9-15-21(22)25)23(16,26)18-10-5-3-6-11-18/h3-15,25-27H,1-2H3/t23-,24-/m1/s1. The van der Waals surface area contributed by atoms with E-state index in [2.05, 4.69) is 0 Å². The fourth-order valence-corrected chi connectivity index (χ4v) is 4.25. The highest BCUT2D eigenvalue weighted by Gasteiger charge is 2.50. The molecule has 4 rings (SSSR count). The van der Waals surface area contributed by atoms with Gasteiger partial charge in [-0.25, -0.2) is 0 Å². The molecule has 3 heteroatoms. The van der Waals surface area contributed by atoms with E-state index in [4.69, 9.17) is 0 Å². The van der Waals surface area contributed by atoms with E-state index in [1.165, 1.54) is 0 Å². The van der Waals surface area contributed by atoms with Crippen molar-refractivity contribution < 1.29 is 15.3 Å². The van der Waals surface area contributed by atoms with E-state index in [1.54, 1.807) is 18.2 Å². The second kappa shape index (κ2) is 6.08. The number of phenols is 1. The summed E-state index contributed by atoms with van der Waals surface area (Å²) in [5, 5.41) is 34.5. The van der Waals surface area contributed by atoms with Crippen LogP contribution in [0, 0.1) is 0 Å². The summed E-state index contributed by atoms with van der Waals surface area (Å²) in [6.07, 6.45) is 0. The largest absolute Gasteiger partial charge is 0.508 e. The zero-order valence-electron chi connectivity index (χ0n) is 15.3. The van der Waals surface area contributed by atoms with Gasteiger partial charge >= 0.3 is 0 Å². The molecule has 0 saturated carbocycles. The first-order chi connectivity index (χ1) is 12.9. The van der Waals surface area contributed by atoms with Gasteiger partial charge in [-0.1, -0.05) is 72.8 Å². The van der Waals surface area contributed by atoms with E-state index in [-0.39, 0.29) is 5.75 Å².